The van der Waals surface area contributed by atoms with Gasteiger partial charge in [-0.2, -0.15) is 0 Å². The summed E-state index contributed by atoms with van der Waals surface area (Å²) in [5, 5.41) is 11.4. The summed E-state index contributed by atoms with van der Waals surface area (Å²) < 4.78 is 21.6. The Labute approximate surface area is 263 Å². The van der Waals surface area contributed by atoms with E-state index in [1.54, 1.807) is 30.5 Å². The van der Waals surface area contributed by atoms with Crippen molar-refractivity contribution in [2.24, 2.45) is 16.5 Å². The monoisotopic (exact) mass is 643 g/mol. The molecule has 0 saturated carbocycles. The Balaban J connectivity index is 1.70. The highest BCUT2D eigenvalue weighted by atomic mass is 35.5. The lowest BCUT2D eigenvalue weighted by Crippen LogP contribution is -2.23. The summed E-state index contributed by atoms with van der Waals surface area (Å²) >= 11 is 14.0. The molecule has 0 aliphatic heterocycles. The number of imidazole rings is 1. The minimum absolute atomic E-state index is 0.00628. The molecule has 0 radical (unpaired) electrons. The minimum atomic E-state index is -1.01. The highest BCUT2D eigenvalue weighted by Crippen LogP contribution is 2.39. The second-order valence-electron chi connectivity index (χ2n) is 10.3. The van der Waals surface area contributed by atoms with Crippen LogP contribution in [0.4, 0.5) is 4.39 Å². The number of carboxylic acids is 1. The summed E-state index contributed by atoms with van der Waals surface area (Å²) in [7, 11) is 1.41. The van der Waals surface area contributed by atoms with E-state index in [1.165, 1.54) is 24.9 Å². The van der Waals surface area contributed by atoms with E-state index >= 15 is 0 Å². The number of aliphatic imine (C=N–C) groups is 1. The van der Waals surface area contributed by atoms with Crippen molar-refractivity contribution in [3.8, 4) is 11.4 Å². The van der Waals surface area contributed by atoms with E-state index in [0.717, 1.165) is 16.8 Å². The molecule has 0 bridgehead atoms. The zero-order valence-electron chi connectivity index (χ0n) is 23.9. The van der Waals surface area contributed by atoms with E-state index in [9.17, 15) is 14.3 Å². The molecule has 0 spiro atoms. The van der Waals surface area contributed by atoms with Gasteiger partial charge >= 0.3 is 5.97 Å². The molecule has 12 heteroatoms. The van der Waals surface area contributed by atoms with Crippen LogP contribution in [0.1, 0.15) is 53.0 Å². The number of aryl methyl sites for hydroxylation is 1. The van der Waals surface area contributed by atoms with Gasteiger partial charge in [-0.3, -0.25) is 9.56 Å². The van der Waals surface area contributed by atoms with Gasteiger partial charge in [-0.25, -0.2) is 14.2 Å². The number of aromatic carboxylic acids is 1. The molecule has 0 aliphatic carbocycles. The van der Waals surface area contributed by atoms with E-state index in [2.05, 4.69) is 4.99 Å². The number of aromatic nitrogens is 2. The molecule has 4 rings (SSSR count). The third-order valence-corrected chi connectivity index (χ3v) is 8.84. The van der Waals surface area contributed by atoms with Crippen LogP contribution in [-0.4, -0.2) is 40.2 Å². The lowest BCUT2D eigenvalue weighted by atomic mass is 9.81. The van der Waals surface area contributed by atoms with E-state index in [4.69, 9.17) is 44.4 Å². The Kier molecular flexibility index (Phi) is 10.3. The number of carboxylic acid groups (broad SMARTS) is 1. The average molecular weight is 645 g/mol. The van der Waals surface area contributed by atoms with Gasteiger partial charge in [0.25, 0.3) is 0 Å². The van der Waals surface area contributed by atoms with Crippen molar-refractivity contribution in [2.75, 3.05) is 13.7 Å². The molecule has 0 fully saturated rings. The zero-order valence-corrected chi connectivity index (χ0v) is 26.2. The first-order valence-corrected chi connectivity index (χ1v) is 15.1. The highest BCUT2D eigenvalue weighted by Gasteiger charge is 2.30. The first-order chi connectivity index (χ1) is 20.4. The van der Waals surface area contributed by atoms with Gasteiger partial charge in [0.15, 0.2) is 22.7 Å². The van der Waals surface area contributed by atoms with Crippen LogP contribution < -0.4 is 16.2 Å². The third kappa shape index (κ3) is 7.44. The molecule has 0 saturated heterocycles. The number of guanidine groups is 1. The molecule has 1 heterocycles. The fraction of sp³-hybridized carbons (Fsp3) is 0.258. The number of methoxy groups -OCH3 is 1. The fourth-order valence-electron chi connectivity index (χ4n) is 4.70. The second kappa shape index (κ2) is 13.7. The maximum absolute atomic E-state index is 14.4. The van der Waals surface area contributed by atoms with Crippen molar-refractivity contribution in [3.63, 3.8) is 0 Å². The van der Waals surface area contributed by atoms with Gasteiger partial charge in [-0.05, 0) is 59.9 Å². The Morgan fingerprint density at radius 3 is 2.56 bits per heavy atom. The topological polar surface area (TPSA) is 129 Å². The number of hydrogen-bond donors (Lipinski definition) is 3. The van der Waals surface area contributed by atoms with Crippen molar-refractivity contribution < 1.29 is 19.0 Å². The van der Waals surface area contributed by atoms with Crippen molar-refractivity contribution in [2.45, 2.75) is 43.0 Å². The normalized spacial score (nSPS) is 11.4. The summed E-state index contributed by atoms with van der Waals surface area (Å²) in [6.07, 6.45) is 2.92. The van der Waals surface area contributed by atoms with Crippen LogP contribution in [0.15, 0.2) is 70.9 Å². The number of carbonyl (C=O) groups is 1. The molecule has 0 atom stereocenters. The first kappa shape index (κ1) is 32.2. The average Bonchev–Trinajstić information content (AvgIpc) is 3.41. The Bertz CT molecular complexity index is 1670. The van der Waals surface area contributed by atoms with Crippen LogP contribution in [0.25, 0.3) is 5.69 Å². The quantitative estimate of drug-likeness (QED) is 0.0666. The molecule has 0 aliphatic rings. The lowest BCUT2D eigenvalue weighted by molar-refractivity contribution is 0.0695. The summed E-state index contributed by atoms with van der Waals surface area (Å²) in [5.74, 6) is -0.940. The van der Waals surface area contributed by atoms with Crippen molar-refractivity contribution in [1.29, 1.82) is 0 Å². The molecule has 1 aromatic heterocycles. The van der Waals surface area contributed by atoms with Crippen LogP contribution in [0.5, 0.6) is 5.75 Å². The van der Waals surface area contributed by atoms with Gasteiger partial charge < -0.3 is 21.3 Å². The minimum Gasteiger partial charge on any atom is -0.494 e. The van der Waals surface area contributed by atoms with Gasteiger partial charge in [0.05, 0.1) is 40.3 Å². The Morgan fingerprint density at radius 1 is 1.12 bits per heavy atom. The standard InChI is InChI=1S/C31H32Cl2FN5O3S/c1-31(2,20-8-10-23(32)24(33)14-20)27-16-38-30(39(27)21-9-11-25(34)26(15-21)42-3)43-17-18-6-7-19(22(13-18)28(40)41)5-4-12-37-29(35)36/h6-11,13-16H,4-5,12,17H2,1-3H3,(H,40,41)(H4,35,36,37). The zero-order chi connectivity index (χ0) is 31.3. The smallest absolute Gasteiger partial charge is 0.335 e. The molecule has 5 N–H and O–H groups in total. The van der Waals surface area contributed by atoms with Crippen LogP contribution in [0, 0.1) is 5.82 Å². The van der Waals surface area contributed by atoms with Crippen molar-refractivity contribution in [1.82, 2.24) is 9.55 Å². The SMILES string of the molecule is COc1cc(-n2c(C(C)(C)c3ccc(Cl)c(Cl)c3)cnc2SCc2ccc(CCCN=C(N)N)c(C(=O)O)c2)ccc1F. The molecule has 0 unspecified atom stereocenters. The number of benzene rings is 3. The number of halogens is 3. The van der Waals surface area contributed by atoms with E-state index in [1.807, 2.05) is 42.7 Å². The number of hydrogen-bond acceptors (Lipinski definition) is 5. The number of rotatable bonds is 12. The lowest BCUT2D eigenvalue weighted by Gasteiger charge is -2.28. The van der Waals surface area contributed by atoms with Crippen LogP contribution in [0.3, 0.4) is 0 Å². The van der Waals surface area contributed by atoms with Gasteiger partial charge in [-0.1, -0.05) is 67.0 Å². The first-order valence-electron chi connectivity index (χ1n) is 13.3. The van der Waals surface area contributed by atoms with Crippen LogP contribution in [0.2, 0.25) is 10.0 Å². The largest absolute Gasteiger partial charge is 0.494 e. The molecule has 3 aromatic carbocycles. The molecule has 0 amide bonds. The summed E-state index contributed by atoms with van der Waals surface area (Å²) in [6, 6.07) is 15.5. The summed E-state index contributed by atoms with van der Waals surface area (Å²) in [4.78, 5) is 20.8. The molecule has 226 valence electrons. The van der Waals surface area contributed by atoms with Gasteiger partial charge in [0.2, 0.25) is 0 Å². The molecule has 4 aromatic rings. The van der Waals surface area contributed by atoms with Gasteiger partial charge in [-0.15, -0.1) is 0 Å². The molecule has 8 nitrogen and oxygen atoms in total. The maximum atomic E-state index is 14.4. The molecule has 43 heavy (non-hydrogen) atoms. The predicted molar refractivity (Wildman–Crippen MR) is 171 cm³/mol. The summed E-state index contributed by atoms with van der Waals surface area (Å²) in [6.45, 7) is 4.50. The van der Waals surface area contributed by atoms with Crippen molar-refractivity contribution in [3.05, 3.63) is 105 Å². The maximum Gasteiger partial charge on any atom is 0.335 e. The van der Waals surface area contributed by atoms with E-state index in [0.29, 0.717) is 51.6 Å². The fourth-order valence-corrected chi connectivity index (χ4v) is 5.94. The van der Waals surface area contributed by atoms with Crippen LogP contribution in [-0.2, 0) is 17.6 Å². The Hall–Kier alpha value is -3.73. The van der Waals surface area contributed by atoms with Crippen molar-refractivity contribution >= 4 is 46.9 Å². The number of ether oxygens (including phenoxy) is 1. The van der Waals surface area contributed by atoms with E-state index in [-0.39, 0.29) is 17.3 Å². The number of thioether (sulfide) groups is 1. The van der Waals surface area contributed by atoms with Gasteiger partial charge in [0, 0.05) is 23.8 Å². The third-order valence-electron chi connectivity index (χ3n) is 7.08. The number of nitrogens with two attached hydrogens (primary N) is 2. The number of nitrogens with zero attached hydrogens (tertiary/aromatic N) is 3. The Morgan fingerprint density at radius 2 is 1.88 bits per heavy atom. The molecular weight excluding hydrogens is 612 g/mol. The predicted octanol–water partition coefficient (Wildman–Crippen LogP) is 6.85. The van der Waals surface area contributed by atoms with Gasteiger partial charge in [0.1, 0.15) is 0 Å². The molecular formula is C31H32Cl2FN5O3S. The van der Waals surface area contributed by atoms with E-state index < -0.39 is 17.2 Å². The summed E-state index contributed by atoms with van der Waals surface area (Å²) in [5.41, 5.74) is 14.3. The van der Waals surface area contributed by atoms with Crippen LogP contribution >= 0.6 is 35.0 Å². The second-order valence-corrected chi connectivity index (χ2v) is 12.1. The highest BCUT2D eigenvalue weighted by molar-refractivity contribution is 7.98.